The van der Waals surface area contributed by atoms with Crippen molar-refractivity contribution in [2.45, 2.75) is 32.6 Å². The average Bonchev–Trinajstić information content (AvgIpc) is 2.72. The standard InChI is InChI=1S/C13H14N2S2/c1-2-3-4-5-13-15-11-7-6-10(14-9-16)8-12(11)17-13/h6-8H,2-5H2,1H3. The number of nitrogens with zero attached hydrogens (tertiary/aromatic N) is 2. The quantitative estimate of drug-likeness (QED) is 0.441. The molecule has 4 heteroatoms. The highest BCUT2D eigenvalue weighted by Crippen LogP contribution is 2.27. The number of fused-ring (bicyclic) bond motifs is 1. The summed E-state index contributed by atoms with van der Waals surface area (Å²) >= 11 is 6.36. The maximum absolute atomic E-state index is 4.62. The van der Waals surface area contributed by atoms with Crippen LogP contribution in [0.1, 0.15) is 31.2 Å². The molecular formula is C13H14N2S2. The van der Waals surface area contributed by atoms with Gasteiger partial charge in [0.1, 0.15) is 0 Å². The number of benzene rings is 1. The zero-order valence-electron chi connectivity index (χ0n) is 9.77. The van der Waals surface area contributed by atoms with Gasteiger partial charge in [0.2, 0.25) is 0 Å². The van der Waals surface area contributed by atoms with E-state index in [2.05, 4.69) is 34.3 Å². The summed E-state index contributed by atoms with van der Waals surface area (Å²) in [6.45, 7) is 2.22. The van der Waals surface area contributed by atoms with Gasteiger partial charge in [-0.25, -0.2) is 4.98 Å². The fraction of sp³-hybridized carbons (Fsp3) is 0.385. The normalized spacial score (nSPS) is 10.4. The van der Waals surface area contributed by atoms with Gasteiger partial charge in [0.25, 0.3) is 0 Å². The molecule has 2 aromatic rings. The van der Waals surface area contributed by atoms with Crippen LogP contribution in [-0.2, 0) is 6.42 Å². The molecule has 1 aromatic carbocycles. The molecule has 0 N–H and O–H groups in total. The molecule has 2 nitrogen and oxygen atoms in total. The van der Waals surface area contributed by atoms with Crippen molar-refractivity contribution >= 4 is 44.6 Å². The van der Waals surface area contributed by atoms with Gasteiger partial charge >= 0.3 is 0 Å². The largest absolute Gasteiger partial charge is 0.241 e. The van der Waals surface area contributed by atoms with Gasteiger partial charge in [-0.2, -0.15) is 4.99 Å². The van der Waals surface area contributed by atoms with Crippen molar-refractivity contribution in [2.75, 3.05) is 0 Å². The van der Waals surface area contributed by atoms with Crippen molar-refractivity contribution in [1.29, 1.82) is 0 Å². The van der Waals surface area contributed by atoms with Crippen molar-refractivity contribution in [3.63, 3.8) is 0 Å². The number of thiazole rings is 1. The van der Waals surface area contributed by atoms with Crippen LogP contribution in [0.4, 0.5) is 5.69 Å². The van der Waals surface area contributed by atoms with Gasteiger partial charge in [-0.15, -0.1) is 11.3 Å². The first-order chi connectivity index (χ1) is 8.33. The van der Waals surface area contributed by atoms with Crippen LogP contribution < -0.4 is 0 Å². The molecule has 1 aromatic heterocycles. The van der Waals surface area contributed by atoms with E-state index >= 15 is 0 Å². The maximum Gasteiger partial charge on any atom is 0.0938 e. The Hall–Kier alpha value is -1.09. The maximum atomic E-state index is 4.62. The molecule has 0 amide bonds. The second-order valence-electron chi connectivity index (χ2n) is 3.92. The lowest BCUT2D eigenvalue weighted by Crippen LogP contribution is -1.82. The molecule has 0 saturated carbocycles. The first-order valence-electron chi connectivity index (χ1n) is 5.81. The lowest BCUT2D eigenvalue weighted by molar-refractivity contribution is 0.716. The van der Waals surface area contributed by atoms with E-state index in [-0.39, 0.29) is 0 Å². The summed E-state index contributed by atoms with van der Waals surface area (Å²) in [5.41, 5.74) is 1.92. The number of thiocarbonyl (C=S) groups is 1. The highest BCUT2D eigenvalue weighted by Gasteiger charge is 2.04. The highest BCUT2D eigenvalue weighted by atomic mass is 32.1. The molecule has 0 aliphatic rings. The van der Waals surface area contributed by atoms with Crippen LogP contribution in [-0.4, -0.2) is 10.1 Å². The van der Waals surface area contributed by atoms with E-state index in [9.17, 15) is 0 Å². The molecule has 0 atom stereocenters. The summed E-state index contributed by atoms with van der Waals surface area (Å²) in [7, 11) is 0. The Morgan fingerprint density at radius 1 is 1.41 bits per heavy atom. The summed E-state index contributed by atoms with van der Waals surface area (Å²) in [5, 5.41) is 3.61. The zero-order chi connectivity index (χ0) is 12.1. The zero-order valence-corrected chi connectivity index (χ0v) is 11.4. The van der Waals surface area contributed by atoms with Gasteiger partial charge in [-0.05, 0) is 43.3 Å². The van der Waals surface area contributed by atoms with Crippen LogP contribution in [0.2, 0.25) is 0 Å². The molecule has 0 aliphatic carbocycles. The number of aryl methyl sites for hydroxylation is 1. The third-order valence-corrected chi connectivity index (χ3v) is 3.75. The summed E-state index contributed by atoms with van der Waals surface area (Å²) in [5.74, 6) is 0. The Morgan fingerprint density at radius 2 is 2.29 bits per heavy atom. The molecule has 1 heterocycles. The molecule has 88 valence electrons. The third-order valence-electron chi connectivity index (χ3n) is 2.59. The molecule has 0 saturated heterocycles. The molecule has 0 bridgehead atoms. The van der Waals surface area contributed by atoms with Crippen molar-refractivity contribution in [1.82, 2.24) is 4.98 Å². The fourth-order valence-corrected chi connectivity index (χ4v) is 2.86. The summed E-state index contributed by atoms with van der Waals surface area (Å²) < 4.78 is 1.18. The number of hydrogen-bond acceptors (Lipinski definition) is 4. The molecule has 0 spiro atoms. The minimum Gasteiger partial charge on any atom is -0.241 e. The number of hydrogen-bond donors (Lipinski definition) is 0. The Morgan fingerprint density at radius 3 is 3.06 bits per heavy atom. The van der Waals surface area contributed by atoms with E-state index in [0.29, 0.717) is 0 Å². The van der Waals surface area contributed by atoms with Gasteiger partial charge in [0.05, 0.1) is 26.1 Å². The monoisotopic (exact) mass is 262 g/mol. The van der Waals surface area contributed by atoms with Gasteiger partial charge < -0.3 is 0 Å². The number of unbranched alkanes of at least 4 members (excludes halogenated alkanes) is 2. The van der Waals surface area contributed by atoms with E-state index in [4.69, 9.17) is 0 Å². The van der Waals surface area contributed by atoms with E-state index in [0.717, 1.165) is 17.6 Å². The average molecular weight is 262 g/mol. The van der Waals surface area contributed by atoms with Crippen LogP contribution in [0.15, 0.2) is 23.2 Å². The van der Waals surface area contributed by atoms with Crippen LogP contribution in [0.25, 0.3) is 10.2 Å². The van der Waals surface area contributed by atoms with Crippen LogP contribution in [0.5, 0.6) is 0 Å². The van der Waals surface area contributed by atoms with E-state index in [1.165, 1.54) is 29.0 Å². The topological polar surface area (TPSA) is 25.2 Å². The molecule has 0 fully saturated rings. The number of aromatic nitrogens is 1. The predicted octanol–water partition coefficient (Wildman–Crippen LogP) is 4.76. The Labute approximate surface area is 110 Å². The molecule has 2 rings (SSSR count). The third kappa shape index (κ3) is 3.19. The minimum absolute atomic E-state index is 0.858. The smallest absolute Gasteiger partial charge is 0.0938 e. The highest BCUT2D eigenvalue weighted by molar-refractivity contribution is 7.78. The number of isothiocyanates is 1. The minimum atomic E-state index is 0.858. The van der Waals surface area contributed by atoms with Gasteiger partial charge in [-0.1, -0.05) is 19.8 Å². The summed E-state index contributed by atoms with van der Waals surface area (Å²) in [6.07, 6.45) is 4.83. The van der Waals surface area contributed by atoms with Gasteiger partial charge in [0.15, 0.2) is 0 Å². The molecule has 17 heavy (non-hydrogen) atoms. The Kier molecular flexibility index (Phi) is 4.37. The lowest BCUT2D eigenvalue weighted by atomic mass is 10.2. The lowest BCUT2D eigenvalue weighted by Gasteiger charge is -1.92. The van der Waals surface area contributed by atoms with E-state index in [1.54, 1.807) is 11.3 Å². The van der Waals surface area contributed by atoms with Crippen molar-refractivity contribution in [2.24, 2.45) is 4.99 Å². The van der Waals surface area contributed by atoms with Gasteiger partial charge in [0, 0.05) is 0 Å². The van der Waals surface area contributed by atoms with Crippen LogP contribution in [0.3, 0.4) is 0 Å². The second-order valence-corrected chi connectivity index (χ2v) is 5.22. The molecule has 0 radical (unpaired) electrons. The first-order valence-corrected chi connectivity index (χ1v) is 7.03. The van der Waals surface area contributed by atoms with E-state index in [1.807, 2.05) is 18.2 Å². The Bertz CT molecular complexity index is 554. The molecule has 0 unspecified atom stereocenters. The number of rotatable bonds is 5. The molecule has 0 aliphatic heterocycles. The summed E-state index contributed by atoms with van der Waals surface area (Å²) in [6, 6.07) is 5.95. The van der Waals surface area contributed by atoms with Crippen molar-refractivity contribution in [3.8, 4) is 0 Å². The van der Waals surface area contributed by atoms with Crippen molar-refractivity contribution < 1.29 is 0 Å². The predicted molar refractivity (Wildman–Crippen MR) is 77.5 cm³/mol. The molecular weight excluding hydrogens is 248 g/mol. The van der Waals surface area contributed by atoms with Crippen molar-refractivity contribution in [3.05, 3.63) is 23.2 Å². The van der Waals surface area contributed by atoms with Crippen LogP contribution >= 0.6 is 23.6 Å². The Balaban J connectivity index is 2.21. The summed E-state index contributed by atoms with van der Waals surface area (Å²) in [4.78, 5) is 8.60. The van der Waals surface area contributed by atoms with Gasteiger partial charge in [-0.3, -0.25) is 0 Å². The SMILES string of the molecule is CCCCCc1nc2ccc(N=C=S)cc2s1. The number of aliphatic imine (C=N–C) groups is 1. The fourth-order valence-electron chi connectivity index (χ4n) is 1.72. The first kappa shape index (κ1) is 12.4. The second kappa shape index (κ2) is 6.01. The van der Waals surface area contributed by atoms with Crippen LogP contribution in [0, 0.1) is 0 Å². The van der Waals surface area contributed by atoms with E-state index < -0.39 is 0 Å².